The van der Waals surface area contributed by atoms with E-state index in [1.165, 1.54) is 51.4 Å². The number of hydrogen-bond acceptors (Lipinski definition) is 9. The zero-order valence-corrected chi connectivity index (χ0v) is 23.4. The average Bonchev–Trinajstić information content (AvgIpc) is 2.91. The Morgan fingerprint density at radius 2 is 0.973 bits per heavy atom. The second-order valence-electron chi connectivity index (χ2n) is 11.3. The van der Waals surface area contributed by atoms with Crippen LogP contribution < -0.4 is 0 Å². The van der Waals surface area contributed by atoms with Gasteiger partial charge in [-0.2, -0.15) is 0 Å². The summed E-state index contributed by atoms with van der Waals surface area (Å²) >= 11 is 0. The highest BCUT2D eigenvalue weighted by atomic mass is 16.6. The van der Waals surface area contributed by atoms with Gasteiger partial charge in [0.2, 0.25) is 0 Å². The van der Waals surface area contributed by atoms with E-state index >= 15 is 0 Å². The number of ether oxygens (including phenoxy) is 2. The van der Waals surface area contributed by atoms with E-state index in [4.69, 9.17) is 9.47 Å². The van der Waals surface area contributed by atoms with Crippen LogP contribution >= 0.6 is 0 Å². The minimum absolute atomic E-state index is 0.215. The van der Waals surface area contributed by atoms with Crippen molar-refractivity contribution < 1.29 is 44.9 Å². The van der Waals surface area contributed by atoms with Crippen molar-refractivity contribution in [3.63, 3.8) is 0 Å². The first-order valence-electron chi connectivity index (χ1n) is 14.2. The lowest BCUT2D eigenvalue weighted by Crippen LogP contribution is -2.44. The molecule has 0 aromatic carbocycles. The van der Waals surface area contributed by atoms with Crippen molar-refractivity contribution in [3.8, 4) is 0 Å². The van der Waals surface area contributed by atoms with Gasteiger partial charge in [-0.1, -0.05) is 90.9 Å². The van der Waals surface area contributed by atoms with Gasteiger partial charge in [0.05, 0.1) is 57.1 Å². The first-order chi connectivity index (χ1) is 17.7. The molecule has 9 heteroatoms. The smallest absolute Gasteiger partial charge is 0.334 e. The molecular weight excluding hydrogens is 480 g/mol. The number of esters is 1. The molecule has 0 aliphatic rings. The van der Waals surface area contributed by atoms with E-state index in [0.717, 1.165) is 25.2 Å². The monoisotopic (exact) mass is 536 g/mol. The zero-order chi connectivity index (χ0) is 28.0. The summed E-state index contributed by atoms with van der Waals surface area (Å²) in [6.45, 7) is 1.12. The lowest BCUT2D eigenvalue weighted by atomic mass is 9.90. The topological polar surface area (TPSA) is 157 Å². The summed E-state index contributed by atoms with van der Waals surface area (Å²) in [6, 6.07) is 0. The van der Waals surface area contributed by atoms with Crippen LogP contribution in [0.2, 0.25) is 0 Å². The van der Waals surface area contributed by atoms with E-state index < -0.39 is 55.9 Å². The van der Waals surface area contributed by atoms with Crippen LogP contribution in [0.4, 0.5) is 0 Å². The summed E-state index contributed by atoms with van der Waals surface area (Å²) in [6.07, 6.45) is 13.4. The lowest BCUT2D eigenvalue weighted by molar-refractivity contribution is -0.164. The molecule has 0 fully saturated rings. The SMILES string of the molecule is CC(C)CCCCCCCCCCCCCC(O)C(=O)OCC(CO)(CO)COCC(CO)(CO)CO. The van der Waals surface area contributed by atoms with Crippen molar-refractivity contribution in [1.29, 1.82) is 0 Å². The van der Waals surface area contributed by atoms with Crippen LogP contribution in [-0.4, -0.2) is 95.6 Å². The Bertz CT molecular complexity index is 525. The maximum absolute atomic E-state index is 12.2. The van der Waals surface area contributed by atoms with Crippen molar-refractivity contribution in [2.75, 3.05) is 52.9 Å². The summed E-state index contributed by atoms with van der Waals surface area (Å²) < 4.78 is 10.6. The Morgan fingerprint density at radius 3 is 1.38 bits per heavy atom. The van der Waals surface area contributed by atoms with Crippen molar-refractivity contribution in [3.05, 3.63) is 0 Å². The Labute approximate surface area is 224 Å². The Morgan fingerprint density at radius 1 is 0.595 bits per heavy atom. The van der Waals surface area contributed by atoms with E-state index in [1.54, 1.807) is 0 Å². The van der Waals surface area contributed by atoms with Crippen LogP contribution in [0.3, 0.4) is 0 Å². The Hall–Kier alpha value is -0.810. The van der Waals surface area contributed by atoms with Crippen molar-refractivity contribution in [2.24, 2.45) is 16.7 Å². The molecular formula is C28H56O9. The molecule has 0 rings (SSSR count). The normalized spacial score (nSPS) is 13.3. The third-order valence-corrected chi connectivity index (χ3v) is 7.05. The van der Waals surface area contributed by atoms with E-state index in [-0.39, 0.29) is 19.8 Å². The largest absolute Gasteiger partial charge is 0.463 e. The van der Waals surface area contributed by atoms with Crippen LogP contribution in [0.25, 0.3) is 0 Å². The molecule has 6 N–H and O–H groups in total. The van der Waals surface area contributed by atoms with Crippen molar-refractivity contribution >= 4 is 5.97 Å². The fourth-order valence-electron chi connectivity index (χ4n) is 3.96. The quantitative estimate of drug-likeness (QED) is 0.0722. The van der Waals surface area contributed by atoms with Crippen molar-refractivity contribution in [2.45, 2.75) is 103 Å². The Kier molecular flexibility index (Phi) is 21.6. The number of aliphatic hydroxyl groups excluding tert-OH is 6. The predicted molar refractivity (Wildman–Crippen MR) is 143 cm³/mol. The molecule has 0 aromatic heterocycles. The summed E-state index contributed by atoms with van der Waals surface area (Å²) in [5, 5.41) is 57.7. The highest BCUT2D eigenvalue weighted by molar-refractivity contribution is 5.74. The maximum atomic E-state index is 12.2. The second kappa shape index (κ2) is 22.1. The molecule has 0 bridgehead atoms. The van der Waals surface area contributed by atoms with Gasteiger partial charge in [-0.25, -0.2) is 4.79 Å². The summed E-state index contributed by atoms with van der Waals surface area (Å²) in [7, 11) is 0. The first-order valence-corrected chi connectivity index (χ1v) is 14.2. The van der Waals surface area contributed by atoms with E-state index in [9.17, 15) is 35.4 Å². The molecule has 0 radical (unpaired) electrons. The molecule has 1 atom stereocenters. The van der Waals surface area contributed by atoms with Gasteiger partial charge in [0.1, 0.15) is 6.61 Å². The van der Waals surface area contributed by atoms with Crippen LogP contribution in [0, 0.1) is 16.7 Å². The minimum atomic E-state index is -1.31. The predicted octanol–water partition coefficient (Wildman–Crippen LogP) is 2.57. The Balaban J connectivity index is 4.02. The lowest BCUT2D eigenvalue weighted by Gasteiger charge is -2.32. The molecule has 0 aliphatic carbocycles. The molecule has 1 unspecified atom stereocenters. The molecule has 0 saturated carbocycles. The highest BCUT2D eigenvalue weighted by Gasteiger charge is 2.35. The fourth-order valence-corrected chi connectivity index (χ4v) is 3.96. The van der Waals surface area contributed by atoms with Gasteiger partial charge in [0, 0.05) is 0 Å². The molecule has 37 heavy (non-hydrogen) atoms. The van der Waals surface area contributed by atoms with Crippen LogP contribution in [-0.2, 0) is 14.3 Å². The summed E-state index contributed by atoms with van der Waals surface area (Å²) in [5.41, 5.74) is -2.56. The van der Waals surface area contributed by atoms with Gasteiger partial charge >= 0.3 is 5.97 Å². The fraction of sp³-hybridized carbons (Fsp3) is 0.964. The first kappa shape index (κ1) is 36.2. The number of hydrogen-bond donors (Lipinski definition) is 6. The van der Waals surface area contributed by atoms with Gasteiger partial charge in [-0.3, -0.25) is 0 Å². The second-order valence-corrected chi connectivity index (χ2v) is 11.3. The molecule has 0 aromatic rings. The van der Waals surface area contributed by atoms with Gasteiger partial charge in [-0.15, -0.1) is 0 Å². The van der Waals surface area contributed by atoms with Gasteiger partial charge < -0.3 is 40.1 Å². The molecule has 0 spiro atoms. The average molecular weight is 537 g/mol. The van der Waals surface area contributed by atoms with Crippen LogP contribution in [0.5, 0.6) is 0 Å². The van der Waals surface area contributed by atoms with Gasteiger partial charge in [0.25, 0.3) is 0 Å². The summed E-state index contributed by atoms with van der Waals surface area (Å²) in [4.78, 5) is 12.2. The number of rotatable bonds is 26. The molecule has 9 nitrogen and oxygen atoms in total. The number of carbonyl (C=O) groups excluding carboxylic acids is 1. The molecule has 0 heterocycles. The molecule has 0 saturated heterocycles. The number of carbonyl (C=O) groups is 1. The highest BCUT2D eigenvalue weighted by Crippen LogP contribution is 2.22. The zero-order valence-electron chi connectivity index (χ0n) is 23.4. The van der Waals surface area contributed by atoms with E-state index in [2.05, 4.69) is 13.8 Å². The van der Waals surface area contributed by atoms with Gasteiger partial charge in [0.15, 0.2) is 6.10 Å². The van der Waals surface area contributed by atoms with Gasteiger partial charge in [-0.05, 0) is 12.3 Å². The minimum Gasteiger partial charge on any atom is -0.463 e. The van der Waals surface area contributed by atoms with Crippen LogP contribution in [0.1, 0.15) is 97.3 Å². The van der Waals surface area contributed by atoms with E-state index in [1.807, 2.05) is 0 Å². The molecule has 0 amide bonds. The molecule has 222 valence electrons. The maximum Gasteiger partial charge on any atom is 0.334 e. The number of aliphatic hydroxyl groups is 6. The van der Waals surface area contributed by atoms with E-state index in [0.29, 0.717) is 12.8 Å². The molecule has 0 aliphatic heterocycles. The summed E-state index contributed by atoms with van der Waals surface area (Å²) in [5.74, 6) is -0.00380. The van der Waals surface area contributed by atoms with Crippen molar-refractivity contribution in [1.82, 2.24) is 0 Å². The third-order valence-electron chi connectivity index (χ3n) is 7.05. The van der Waals surface area contributed by atoms with Crippen LogP contribution in [0.15, 0.2) is 0 Å². The number of unbranched alkanes of at least 4 members (excludes halogenated alkanes) is 10. The standard InChI is InChI=1S/C28H56O9/c1-24(2)14-12-10-8-6-4-3-5-7-9-11-13-15-25(34)26(35)37-23-28(19-32,20-33)22-36-21-27(16-29,17-30)18-31/h24-25,29-34H,3-23H2,1-2H3. The third kappa shape index (κ3) is 16.7.